The normalized spacial score (nSPS) is 11.0. The van der Waals surface area contributed by atoms with Crippen molar-refractivity contribution in [2.24, 2.45) is 0 Å². The van der Waals surface area contributed by atoms with Crippen molar-refractivity contribution in [1.29, 1.82) is 0 Å². The van der Waals surface area contributed by atoms with Gasteiger partial charge in [0.05, 0.1) is 16.7 Å². The first-order chi connectivity index (χ1) is 14.5. The Hall–Kier alpha value is -2.64. The second-order valence-electron chi connectivity index (χ2n) is 7.00. The highest BCUT2D eigenvalue weighted by Gasteiger charge is 2.14. The van der Waals surface area contributed by atoms with E-state index in [2.05, 4.69) is 10.3 Å². The van der Waals surface area contributed by atoms with Crippen LogP contribution in [0, 0.1) is 13.8 Å². The summed E-state index contributed by atoms with van der Waals surface area (Å²) in [5.74, 6) is 0.0425. The van der Waals surface area contributed by atoms with Crippen LogP contribution in [-0.2, 0) is 16.1 Å². The molecule has 0 bridgehead atoms. The zero-order chi connectivity index (χ0) is 21.5. The van der Waals surface area contributed by atoms with Crippen LogP contribution in [0.4, 0.5) is 5.69 Å². The SMILES string of the molecule is CCOCCCn1c(SCC(=O)Nc2cccc(C)c2C)nc2ccccc2c1=O. The highest BCUT2D eigenvalue weighted by Crippen LogP contribution is 2.21. The molecule has 2 aromatic carbocycles. The minimum absolute atomic E-state index is 0.0884. The molecule has 158 valence electrons. The van der Waals surface area contributed by atoms with Crippen molar-refractivity contribution in [3.63, 3.8) is 0 Å². The summed E-state index contributed by atoms with van der Waals surface area (Å²) in [5.41, 5.74) is 3.53. The lowest BCUT2D eigenvalue weighted by molar-refractivity contribution is -0.113. The van der Waals surface area contributed by atoms with Crippen LogP contribution in [0.3, 0.4) is 0 Å². The predicted molar refractivity (Wildman–Crippen MR) is 122 cm³/mol. The van der Waals surface area contributed by atoms with Crippen LogP contribution in [-0.4, -0.2) is 34.4 Å². The van der Waals surface area contributed by atoms with Crippen LogP contribution in [0.2, 0.25) is 0 Å². The molecule has 0 radical (unpaired) electrons. The molecule has 0 saturated carbocycles. The summed E-state index contributed by atoms with van der Waals surface area (Å²) in [7, 11) is 0. The Morgan fingerprint density at radius 1 is 1.17 bits per heavy atom. The fraction of sp³-hybridized carbons (Fsp3) is 0.348. The number of amides is 1. The van der Waals surface area contributed by atoms with E-state index in [9.17, 15) is 9.59 Å². The van der Waals surface area contributed by atoms with Gasteiger partial charge in [-0.15, -0.1) is 0 Å². The summed E-state index contributed by atoms with van der Waals surface area (Å²) >= 11 is 1.28. The zero-order valence-electron chi connectivity index (χ0n) is 17.6. The Kier molecular flexibility index (Phi) is 7.65. The molecule has 0 aliphatic carbocycles. The van der Waals surface area contributed by atoms with Gasteiger partial charge in [0, 0.05) is 25.4 Å². The van der Waals surface area contributed by atoms with Gasteiger partial charge in [0.2, 0.25) is 5.91 Å². The summed E-state index contributed by atoms with van der Waals surface area (Å²) in [5, 5.41) is 4.09. The average molecular weight is 426 g/mol. The van der Waals surface area contributed by atoms with Gasteiger partial charge < -0.3 is 10.1 Å². The van der Waals surface area contributed by atoms with E-state index in [1.54, 1.807) is 10.6 Å². The Labute approximate surface area is 180 Å². The Bertz CT molecular complexity index is 1090. The molecule has 0 atom stereocenters. The third kappa shape index (κ3) is 5.29. The number of thioether (sulfide) groups is 1. The number of aromatic nitrogens is 2. The lowest BCUT2D eigenvalue weighted by Crippen LogP contribution is -2.25. The number of carbonyl (C=O) groups excluding carboxylic acids is 1. The van der Waals surface area contributed by atoms with Crippen molar-refractivity contribution in [3.8, 4) is 0 Å². The van der Waals surface area contributed by atoms with Crippen molar-refractivity contribution >= 4 is 34.3 Å². The second kappa shape index (κ2) is 10.4. The van der Waals surface area contributed by atoms with Gasteiger partial charge in [0.15, 0.2) is 5.16 Å². The maximum atomic E-state index is 13.0. The van der Waals surface area contributed by atoms with Crippen molar-refractivity contribution in [2.75, 3.05) is 24.3 Å². The molecule has 30 heavy (non-hydrogen) atoms. The van der Waals surface area contributed by atoms with Gasteiger partial charge in [-0.2, -0.15) is 0 Å². The summed E-state index contributed by atoms with van der Waals surface area (Å²) in [6.45, 7) is 7.66. The molecular weight excluding hydrogens is 398 g/mol. The van der Waals surface area contributed by atoms with Gasteiger partial charge in [-0.3, -0.25) is 14.2 Å². The average Bonchev–Trinajstić information content (AvgIpc) is 2.74. The van der Waals surface area contributed by atoms with Crippen molar-refractivity contribution in [3.05, 3.63) is 63.9 Å². The van der Waals surface area contributed by atoms with Crippen LogP contribution in [0.15, 0.2) is 52.4 Å². The van der Waals surface area contributed by atoms with Crippen LogP contribution >= 0.6 is 11.8 Å². The number of aryl methyl sites for hydroxylation is 1. The number of fused-ring (bicyclic) bond motifs is 1. The number of benzene rings is 2. The molecule has 1 amide bonds. The summed E-state index contributed by atoms with van der Waals surface area (Å²) < 4.78 is 7.05. The molecule has 1 heterocycles. The Morgan fingerprint density at radius 2 is 1.97 bits per heavy atom. The third-order valence-electron chi connectivity index (χ3n) is 4.91. The quantitative estimate of drug-likeness (QED) is 0.316. The van der Waals surface area contributed by atoms with Crippen LogP contribution in [0.5, 0.6) is 0 Å². The van der Waals surface area contributed by atoms with Crippen molar-refractivity contribution in [2.45, 2.75) is 38.9 Å². The van der Waals surface area contributed by atoms with Crippen LogP contribution in [0.1, 0.15) is 24.5 Å². The van der Waals surface area contributed by atoms with Gasteiger partial charge in [-0.25, -0.2) is 4.98 Å². The number of nitrogens with zero attached hydrogens (tertiary/aromatic N) is 2. The Balaban J connectivity index is 1.78. The molecular formula is C23H27N3O3S. The second-order valence-corrected chi connectivity index (χ2v) is 7.95. The summed E-state index contributed by atoms with van der Waals surface area (Å²) in [6, 6.07) is 13.1. The number of ether oxygens (including phenoxy) is 1. The maximum Gasteiger partial charge on any atom is 0.262 e. The number of hydrogen-bond acceptors (Lipinski definition) is 5. The molecule has 0 saturated heterocycles. The highest BCUT2D eigenvalue weighted by molar-refractivity contribution is 7.99. The number of carbonyl (C=O) groups is 1. The van der Waals surface area contributed by atoms with Crippen LogP contribution in [0.25, 0.3) is 10.9 Å². The zero-order valence-corrected chi connectivity index (χ0v) is 18.4. The van der Waals surface area contributed by atoms with Gasteiger partial charge in [-0.05, 0) is 56.5 Å². The van der Waals surface area contributed by atoms with E-state index < -0.39 is 0 Å². The number of rotatable bonds is 9. The van der Waals surface area contributed by atoms with E-state index in [0.717, 1.165) is 16.8 Å². The maximum absolute atomic E-state index is 13.0. The Morgan fingerprint density at radius 3 is 2.77 bits per heavy atom. The van der Waals surface area contributed by atoms with E-state index >= 15 is 0 Å². The molecule has 0 aliphatic rings. The molecule has 6 nitrogen and oxygen atoms in total. The number of hydrogen-bond donors (Lipinski definition) is 1. The standard InChI is InChI=1S/C23H27N3O3S/c1-4-29-14-8-13-26-22(28)18-10-5-6-11-20(18)25-23(26)30-15-21(27)24-19-12-7-9-16(2)17(19)3/h5-7,9-12H,4,8,13-15H2,1-3H3,(H,24,27). The van der Waals surface area contributed by atoms with Gasteiger partial charge in [0.1, 0.15) is 0 Å². The van der Waals surface area contributed by atoms with Crippen LogP contribution < -0.4 is 10.9 Å². The number of para-hydroxylation sites is 1. The lowest BCUT2D eigenvalue weighted by atomic mass is 10.1. The van der Waals surface area contributed by atoms with Gasteiger partial charge in [0.25, 0.3) is 5.56 Å². The summed E-state index contributed by atoms with van der Waals surface area (Å²) in [4.78, 5) is 30.2. The summed E-state index contributed by atoms with van der Waals surface area (Å²) in [6.07, 6.45) is 0.704. The topological polar surface area (TPSA) is 73.2 Å². The van der Waals surface area contributed by atoms with E-state index in [0.29, 0.717) is 42.2 Å². The largest absolute Gasteiger partial charge is 0.382 e. The van der Waals surface area contributed by atoms with E-state index in [1.807, 2.05) is 57.2 Å². The molecule has 1 N–H and O–H groups in total. The van der Waals surface area contributed by atoms with E-state index in [1.165, 1.54) is 11.8 Å². The lowest BCUT2D eigenvalue weighted by Gasteiger charge is -2.14. The molecule has 7 heteroatoms. The third-order valence-corrected chi connectivity index (χ3v) is 5.89. The minimum Gasteiger partial charge on any atom is -0.382 e. The number of nitrogens with one attached hydrogen (secondary N) is 1. The van der Waals surface area contributed by atoms with Crippen molar-refractivity contribution in [1.82, 2.24) is 9.55 Å². The molecule has 0 spiro atoms. The fourth-order valence-corrected chi connectivity index (χ4v) is 3.95. The molecule has 3 rings (SSSR count). The monoisotopic (exact) mass is 425 g/mol. The number of anilines is 1. The van der Waals surface area contributed by atoms with E-state index in [-0.39, 0.29) is 17.2 Å². The molecule has 3 aromatic rings. The smallest absolute Gasteiger partial charge is 0.262 e. The fourth-order valence-electron chi connectivity index (χ4n) is 3.13. The molecule has 0 unspecified atom stereocenters. The van der Waals surface area contributed by atoms with E-state index in [4.69, 9.17) is 4.74 Å². The first kappa shape index (κ1) is 22.1. The van der Waals surface area contributed by atoms with Gasteiger partial charge in [-0.1, -0.05) is 36.0 Å². The minimum atomic E-state index is -0.128. The highest BCUT2D eigenvalue weighted by atomic mass is 32.2. The molecule has 1 aromatic heterocycles. The van der Waals surface area contributed by atoms with Crippen molar-refractivity contribution < 1.29 is 9.53 Å². The first-order valence-electron chi connectivity index (χ1n) is 10.1. The van der Waals surface area contributed by atoms with Gasteiger partial charge >= 0.3 is 0 Å². The molecule has 0 aliphatic heterocycles. The first-order valence-corrected chi connectivity index (χ1v) is 11.1. The molecule has 0 fully saturated rings. The predicted octanol–water partition coefficient (Wildman–Crippen LogP) is 4.17.